The summed E-state index contributed by atoms with van der Waals surface area (Å²) < 4.78 is 5.04. The Kier molecular flexibility index (Phi) is 3.62. The highest BCUT2D eigenvalue weighted by molar-refractivity contribution is 5.90. The lowest BCUT2D eigenvalue weighted by atomic mass is 10.1. The van der Waals surface area contributed by atoms with Gasteiger partial charge in [0.05, 0.1) is 17.2 Å². The minimum Gasteiger partial charge on any atom is -0.494 e. The normalized spacial score (nSPS) is 9.28. The predicted octanol–water partition coefficient (Wildman–Crippen LogP) is 2.93. The summed E-state index contributed by atoms with van der Waals surface area (Å²) in [6, 6.07) is 17.6. The molecule has 88 valence electrons. The third-order valence-electron chi connectivity index (χ3n) is 2.33. The largest absolute Gasteiger partial charge is 0.494 e. The van der Waals surface area contributed by atoms with Gasteiger partial charge in [-0.3, -0.25) is 0 Å². The molecule has 0 heterocycles. The number of nitrogens with zero attached hydrogens (tertiary/aromatic N) is 1. The number of carbonyl (C=O) groups is 1. The van der Waals surface area contributed by atoms with Crippen LogP contribution in [0, 0.1) is 17.9 Å². The standard InChI is InChI=1S/C15H10NO2/c16-10-13-7-4-8-14(9-13)15(17)18-11-12-5-2-1-3-6-12/h1-9,11H/q-1. The second kappa shape index (κ2) is 5.55. The smallest absolute Gasteiger partial charge is 0.331 e. The van der Waals surface area contributed by atoms with E-state index in [1.54, 1.807) is 18.2 Å². The van der Waals surface area contributed by atoms with Crippen molar-refractivity contribution in [3.8, 4) is 6.07 Å². The Morgan fingerprint density at radius 3 is 2.61 bits per heavy atom. The van der Waals surface area contributed by atoms with Crippen molar-refractivity contribution in [2.24, 2.45) is 0 Å². The zero-order valence-corrected chi connectivity index (χ0v) is 9.54. The van der Waals surface area contributed by atoms with Crippen LogP contribution in [0.4, 0.5) is 0 Å². The van der Waals surface area contributed by atoms with E-state index in [9.17, 15) is 4.79 Å². The molecule has 0 atom stereocenters. The number of ether oxygens (including phenoxy) is 1. The van der Waals surface area contributed by atoms with Crippen molar-refractivity contribution in [2.45, 2.75) is 0 Å². The van der Waals surface area contributed by atoms with Gasteiger partial charge in [0, 0.05) is 0 Å². The lowest BCUT2D eigenvalue weighted by Crippen LogP contribution is -2.03. The fraction of sp³-hybridized carbons (Fsp3) is 0. The number of hydrogen-bond acceptors (Lipinski definition) is 3. The molecule has 0 N–H and O–H groups in total. The number of hydrogen-bond donors (Lipinski definition) is 0. The molecule has 0 saturated heterocycles. The summed E-state index contributed by atoms with van der Waals surface area (Å²) in [5.74, 6) is -0.476. The van der Waals surface area contributed by atoms with Crippen LogP contribution in [0.5, 0.6) is 0 Å². The van der Waals surface area contributed by atoms with E-state index in [-0.39, 0.29) is 0 Å². The van der Waals surface area contributed by atoms with Gasteiger partial charge in [-0.15, -0.1) is 12.1 Å². The molecule has 0 aliphatic carbocycles. The molecule has 0 aliphatic heterocycles. The molecular formula is C15H10NO2-. The average Bonchev–Trinajstić information content (AvgIpc) is 2.46. The van der Waals surface area contributed by atoms with Gasteiger partial charge in [-0.25, -0.2) is 4.79 Å². The molecule has 3 nitrogen and oxygen atoms in total. The van der Waals surface area contributed by atoms with Crippen LogP contribution in [0.2, 0.25) is 0 Å². The third kappa shape index (κ3) is 2.89. The molecule has 0 fully saturated rings. The number of rotatable bonds is 3. The Hall–Kier alpha value is -2.73. The molecule has 0 saturated carbocycles. The van der Waals surface area contributed by atoms with E-state index < -0.39 is 5.97 Å². The van der Waals surface area contributed by atoms with Gasteiger partial charge in [0.2, 0.25) is 0 Å². The molecule has 2 rings (SSSR count). The summed E-state index contributed by atoms with van der Waals surface area (Å²) in [7, 11) is 0. The van der Waals surface area contributed by atoms with E-state index in [0.29, 0.717) is 11.1 Å². The van der Waals surface area contributed by atoms with Crippen LogP contribution in [0.25, 0.3) is 0 Å². The van der Waals surface area contributed by atoms with Crippen molar-refractivity contribution >= 4 is 5.97 Å². The van der Waals surface area contributed by atoms with Crippen molar-refractivity contribution in [2.75, 3.05) is 0 Å². The predicted molar refractivity (Wildman–Crippen MR) is 66.4 cm³/mol. The first-order valence-corrected chi connectivity index (χ1v) is 5.39. The van der Waals surface area contributed by atoms with E-state index in [0.717, 1.165) is 5.56 Å². The van der Waals surface area contributed by atoms with Gasteiger partial charge in [0.25, 0.3) is 0 Å². The molecule has 3 heteroatoms. The molecule has 2 aromatic rings. The molecule has 0 amide bonds. The van der Waals surface area contributed by atoms with E-state index >= 15 is 0 Å². The first-order valence-electron chi connectivity index (χ1n) is 5.39. The van der Waals surface area contributed by atoms with Crippen LogP contribution in [-0.4, -0.2) is 5.97 Å². The van der Waals surface area contributed by atoms with Crippen LogP contribution < -0.4 is 0 Å². The summed E-state index contributed by atoms with van der Waals surface area (Å²) in [5.41, 5.74) is 1.60. The van der Waals surface area contributed by atoms with Crippen molar-refractivity contribution in [1.82, 2.24) is 0 Å². The zero-order valence-electron chi connectivity index (χ0n) is 9.54. The zero-order chi connectivity index (χ0) is 12.8. The maximum atomic E-state index is 11.7. The Morgan fingerprint density at radius 1 is 1.11 bits per heavy atom. The average molecular weight is 236 g/mol. The van der Waals surface area contributed by atoms with Crippen molar-refractivity contribution < 1.29 is 9.53 Å². The second-order valence-corrected chi connectivity index (χ2v) is 3.63. The summed E-state index contributed by atoms with van der Waals surface area (Å²) in [4.78, 5) is 11.7. The van der Waals surface area contributed by atoms with Gasteiger partial charge >= 0.3 is 5.97 Å². The summed E-state index contributed by atoms with van der Waals surface area (Å²) in [5, 5.41) is 8.74. The van der Waals surface area contributed by atoms with Gasteiger partial charge in [-0.1, -0.05) is 12.1 Å². The topological polar surface area (TPSA) is 50.1 Å². The van der Waals surface area contributed by atoms with Crippen LogP contribution >= 0.6 is 0 Å². The first-order chi connectivity index (χ1) is 8.79. The van der Waals surface area contributed by atoms with E-state index in [2.05, 4.69) is 0 Å². The highest BCUT2D eigenvalue weighted by atomic mass is 16.5. The number of nitriles is 1. The third-order valence-corrected chi connectivity index (χ3v) is 2.33. The fourth-order valence-corrected chi connectivity index (χ4v) is 1.44. The van der Waals surface area contributed by atoms with Crippen LogP contribution in [0.3, 0.4) is 0 Å². The summed E-state index contributed by atoms with van der Waals surface area (Å²) in [6.45, 7) is 1.39. The molecule has 0 aromatic heterocycles. The Labute approximate surface area is 105 Å². The number of esters is 1. The lowest BCUT2D eigenvalue weighted by molar-refractivity contribution is 0.0621. The molecular weight excluding hydrogens is 226 g/mol. The highest BCUT2D eigenvalue weighted by Gasteiger charge is 2.05. The minimum absolute atomic E-state index is 0.362. The molecule has 0 unspecified atom stereocenters. The van der Waals surface area contributed by atoms with E-state index in [4.69, 9.17) is 10.00 Å². The van der Waals surface area contributed by atoms with Crippen LogP contribution in [0.1, 0.15) is 21.5 Å². The van der Waals surface area contributed by atoms with Crippen LogP contribution in [-0.2, 0) is 4.74 Å². The lowest BCUT2D eigenvalue weighted by Gasteiger charge is -2.10. The Bertz CT molecular complexity index is 585. The molecule has 18 heavy (non-hydrogen) atoms. The molecule has 0 spiro atoms. The van der Waals surface area contributed by atoms with Crippen molar-refractivity contribution in [3.05, 3.63) is 77.9 Å². The Balaban J connectivity index is 2.02. The van der Waals surface area contributed by atoms with Gasteiger partial charge in [0.15, 0.2) is 0 Å². The summed E-state index contributed by atoms with van der Waals surface area (Å²) in [6.07, 6.45) is 0. The Morgan fingerprint density at radius 2 is 1.89 bits per heavy atom. The highest BCUT2D eigenvalue weighted by Crippen LogP contribution is 2.09. The molecule has 2 aromatic carbocycles. The SMILES string of the molecule is N#Cc1cccc(C(=O)O[CH-]c2ccccc2)c1. The number of carbonyl (C=O) groups excluding carboxylic acids is 1. The second-order valence-electron chi connectivity index (χ2n) is 3.63. The number of benzene rings is 2. The van der Waals surface area contributed by atoms with Crippen molar-refractivity contribution in [1.29, 1.82) is 5.26 Å². The van der Waals surface area contributed by atoms with Crippen LogP contribution in [0.15, 0.2) is 54.6 Å². The van der Waals surface area contributed by atoms with E-state index in [1.165, 1.54) is 12.7 Å². The maximum absolute atomic E-state index is 11.7. The molecule has 0 radical (unpaired) electrons. The monoisotopic (exact) mass is 236 g/mol. The molecule has 0 aliphatic rings. The van der Waals surface area contributed by atoms with Gasteiger partial charge in [-0.2, -0.15) is 23.0 Å². The van der Waals surface area contributed by atoms with Crippen molar-refractivity contribution in [3.63, 3.8) is 0 Å². The van der Waals surface area contributed by atoms with Gasteiger partial charge in [0.1, 0.15) is 0 Å². The summed E-state index contributed by atoms with van der Waals surface area (Å²) >= 11 is 0. The molecule has 0 bridgehead atoms. The van der Waals surface area contributed by atoms with E-state index in [1.807, 2.05) is 36.4 Å². The maximum Gasteiger partial charge on any atom is 0.331 e. The minimum atomic E-state index is -0.476. The fourth-order valence-electron chi connectivity index (χ4n) is 1.44. The van der Waals surface area contributed by atoms with Gasteiger partial charge in [-0.05, 0) is 24.8 Å². The van der Waals surface area contributed by atoms with Gasteiger partial charge < -0.3 is 4.74 Å². The first kappa shape index (κ1) is 11.7. The quantitative estimate of drug-likeness (QED) is 0.608.